The Balaban J connectivity index is 2.70. The number of nitrogens with zero attached hydrogens (tertiary/aromatic N) is 1. The molecule has 1 aromatic rings. The van der Waals surface area contributed by atoms with Crippen LogP contribution in [0.1, 0.15) is 31.9 Å². The zero-order valence-electron chi connectivity index (χ0n) is 10.9. The van der Waals surface area contributed by atoms with Gasteiger partial charge >= 0.3 is 0 Å². The van der Waals surface area contributed by atoms with Gasteiger partial charge in [-0.1, -0.05) is 19.9 Å². The number of ether oxygens (including phenoxy) is 2. The monoisotopic (exact) mass is 233 g/mol. The maximum absolute atomic E-state index is 8.87. The van der Waals surface area contributed by atoms with E-state index in [1.807, 2.05) is 12.1 Å². The van der Waals surface area contributed by atoms with Gasteiger partial charge in [0.15, 0.2) is 0 Å². The van der Waals surface area contributed by atoms with Crippen LogP contribution in [0.15, 0.2) is 18.2 Å². The Morgan fingerprint density at radius 1 is 1.29 bits per heavy atom. The van der Waals surface area contributed by atoms with Crippen molar-refractivity contribution >= 4 is 0 Å². The Kier molecular flexibility index (Phi) is 4.99. The fourth-order valence-corrected chi connectivity index (χ4v) is 1.34. The van der Waals surface area contributed by atoms with Gasteiger partial charge in [0, 0.05) is 0 Å². The van der Waals surface area contributed by atoms with E-state index in [9.17, 15) is 0 Å². The van der Waals surface area contributed by atoms with Gasteiger partial charge in [-0.3, -0.25) is 0 Å². The summed E-state index contributed by atoms with van der Waals surface area (Å²) in [6, 6.07) is 7.60. The van der Waals surface area contributed by atoms with E-state index in [0.29, 0.717) is 23.8 Å². The van der Waals surface area contributed by atoms with E-state index in [0.717, 1.165) is 5.56 Å². The summed E-state index contributed by atoms with van der Waals surface area (Å²) in [5, 5.41) is 8.87. The van der Waals surface area contributed by atoms with Gasteiger partial charge in [0.2, 0.25) is 0 Å². The molecule has 0 aliphatic rings. The second-order valence-corrected chi connectivity index (χ2v) is 4.41. The Bertz CT molecular complexity index is 407. The predicted octanol–water partition coefficient (Wildman–Crippen LogP) is 3.13. The lowest BCUT2D eigenvalue weighted by atomic mass is 10.1. The molecule has 0 saturated heterocycles. The van der Waals surface area contributed by atoms with Crippen molar-refractivity contribution < 1.29 is 9.47 Å². The second-order valence-electron chi connectivity index (χ2n) is 4.41. The lowest BCUT2D eigenvalue weighted by Gasteiger charge is -2.16. The SMILES string of the molecule is COc1cc(COC(C)C(C)C)ccc1C#N. The van der Waals surface area contributed by atoms with Gasteiger partial charge in [-0.25, -0.2) is 0 Å². The summed E-state index contributed by atoms with van der Waals surface area (Å²) in [6.07, 6.45) is 0.219. The van der Waals surface area contributed by atoms with Crippen LogP contribution in [0.4, 0.5) is 0 Å². The van der Waals surface area contributed by atoms with E-state index < -0.39 is 0 Å². The van der Waals surface area contributed by atoms with Crippen molar-refractivity contribution in [1.82, 2.24) is 0 Å². The minimum atomic E-state index is 0.219. The van der Waals surface area contributed by atoms with Gasteiger partial charge in [-0.2, -0.15) is 5.26 Å². The molecule has 17 heavy (non-hydrogen) atoms. The maximum atomic E-state index is 8.87. The first-order valence-electron chi connectivity index (χ1n) is 5.77. The van der Waals surface area contributed by atoms with E-state index in [4.69, 9.17) is 14.7 Å². The van der Waals surface area contributed by atoms with E-state index in [-0.39, 0.29) is 6.10 Å². The van der Waals surface area contributed by atoms with Crippen molar-refractivity contribution in [3.05, 3.63) is 29.3 Å². The molecule has 0 spiro atoms. The smallest absolute Gasteiger partial charge is 0.136 e. The topological polar surface area (TPSA) is 42.2 Å². The van der Waals surface area contributed by atoms with Gasteiger partial charge in [0.05, 0.1) is 25.4 Å². The molecule has 0 heterocycles. The fourth-order valence-electron chi connectivity index (χ4n) is 1.34. The van der Waals surface area contributed by atoms with Gasteiger partial charge in [0.25, 0.3) is 0 Å². The molecule has 92 valence electrons. The first-order chi connectivity index (χ1) is 8.08. The molecule has 1 rings (SSSR count). The Morgan fingerprint density at radius 3 is 2.53 bits per heavy atom. The third-order valence-corrected chi connectivity index (χ3v) is 2.84. The van der Waals surface area contributed by atoms with Gasteiger partial charge in [-0.15, -0.1) is 0 Å². The molecule has 0 radical (unpaired) electrons. The highest BCUT2D eigenvalue weighted by Gasteiger charge is 2.08. The van der Waals surface area contributed by atoms with Crippen molar-refractivity contribution in [3.63, 3.8) is 0 Å². The summed E-state index contributed by atoms with van der Waals surface area (Å²) in [4.78, 5) is 0. The van der Waals surface area contributed by atoms with Crippen molar-refractivity contribution in [2.24, 2.45) is 5.92 Å². The van der Waals surface area contributed by atoms with Crippen LogP contribution in [0.5, 0.6) is 5.75 Å². The lowest BCUT2D eigenvalue weighted by Crippen LogP contribution is -2.15. The van der Waals surface area contributed by atoms with Gasteiger partial charge in [-0.05, 0) is 30.5 Å². The predicted molar refractivity (Wildman–Crippen MR) is 66.8 cm³/mol. The molecule has 1 unspecified atom stereocenters. The summed E-state index contributed by atoms with van der Waals surface area (Å²) in [5.41, 5.74) is 1.57. The normalized spacial score (nSPS) is 12.2. The molecule has 0 amide bonds. The standard InChI is InChI=1S/C14H19NO2/c1-10(2)11(3)17-9-12-5-6-13(8-15)14(7-12)16-4/h5-7,10-11H,9H2,1-4H3. The number of rotatable bonds is 5. The average Bonchev–Trinajstić information content (AvgIpc) is 2.35. The van der Waals surface area contributed by atoms with E-state index in [1.54, 1.807) is 13.2 Å². The third kappa shape index (κ3) is 3.76. The Labute approximate surface area is 103 Å². The van der Waals surface area contributed by atoms with E-state index in [2.05, 4.69) is 26.8 Å². The third-order valence-electron chi connectivity index (χ3n) is 2.84. The van der Waals surface area contributed by atoms with Crippen LogP contribution >= 0.6 is 0 Å². The zero-order chi connectivity index (χ0) is 12.8. The number of nitriles is 1. The van der Waals surface area contributed by atoms with E-state index >= 15 is 0 Å². The molecule has 0 aliphatic carbocycles. The average molecular weight is 233 g/mol. The maximum Gasteiger partial charge on any atom is 0.136 e. The molecule has 1 aromatic carbocycles. The molecule has 0 fully saturated rings. The molecule has 3 nitrogen and oxygen atoms in total. The first-order valence-corrected chi connectivity index (χ1v) is 5.77. The number of hydrogen-bond donors (Lipinski definition) is 0. The minimum absolute atomic E-state index is 0.219. The summed E-state index contributed by atoms with van der Waals surface area (Å²) in [7, 11) is 1.57. The van der Waals surface area contributed by atoms with Crippen molar-refractivity contribution in [1.29, 1.82) is 5.26 Å². The number of hydrogen-bond acceptors (Lipinski definition) is 3. The first kappa shape index (κ1) is 13.5. The Hall–Kier alpha value is -1.53. The summed E-state index contributed by atoms with van der Waals surface area (Å²) in [5.74, 6) is 1.10. The van der Waals surface area contributed by atoms with Crippen LogP contribution in [-0.2, 0) is 11.3 Å². The highest BCUT2D eigenvalue weighted by atomic mass is 16.5. The summed E-state index contributed by atoms with van der Waals surface area (Å²) >= 11 is 0. The summed E-state index contributed by atoms with van der Waals surface area (Å²) in [6.45, 7) is 6.86. The molecule has 0 aliphatic heterocycles. The summed E-state index contributed by atoms with van der Waals surface area (Å²) < 4.78 is 10.9. The van der Waals surface area contributed by atoms with Crippen LogP contribution in [0.3, 0.4) is 0 Å². The second kappa shape index (κ2) is 6.27. The van der Waals surface area contributed by atoms with Crippen LogP contribution in [0.2, 0.25) is 0 Å². The molecule has 1 atom stereocenters. The number of benzene rings is 1. The highest BCUT2D eigenvalue weighted by Crippen LogP contribution is 2.20. The highest BCUT2D eigenvalue weighted by molar-refractivity contribution is 5.45. The van der Waals surface area contributed by atoms with Gasteiger partial charge in [0.1, 0.15) is 11.8 Å². The fraction of sp³-hybridized carbons (Fsp3) is 0.500. The largest absolute Gasteiger partial charge is 0.495 e. The lowest BCUT2D eigenvalue weighted by molar-refractivity contribution is 0.0234. The zero-order valence-corrected chi connectivity index (χ0v) is 10.9. The van der Waals surface area contributed by atoms with Crippen LogP contribution in [0, 0.1) is 17.2 Å². The van der Waals surface area contributed by atoms with Crippen LogP contribution in [0.25, 0.3) is 0 Å². The van der Waals surface area contributed by atoms with E-state index in [1.165, 1.54) is 0 Å². The molecule has 0 bridgehead atoms. The molecule has 3 heteroatoms. The molecule has 0 N–H and O–H groups in total. The molecular formula is C14H19NO2. The molecular weight excluding hydrogens is 214 g/mol. The Morgan fingerprint density at radius 2 is 2.00 bits per heavy atom. The quantitative estimate of drug-likeness (QED) is 0.784. The van der Waals surface area contributed by atoms with Crippen LogP contribution in [-0.4, -0.2) is 13.2 Å². The minimum Gasteiger partial charge on any atom is -0.495 e. The van der Waals surface area contributed by atoms with Crippen molar-refractivity contribution in [3.8, 4) is 11.8 Å². The molecule has 0 saturated carbocycles. The van der Waals surface area contributed by atoms with Crippen LogP contribution < -0.4 is 4.74 Å². The number of methoxy groups -OCH3 is 1. The van der Waals surface area contributed by atoms with Crippen molar-refractivity contribution in [2.75, 3.05) is 7.11 Å². The van der Waals surface area contributed by atoms with Gasteiger partial charge < -0.3 is 9.47 Å². The van der Waals surface area contributed by atoms with Crippen molar-refractivity contribution in [2.45, 2.75) is 33.5 Å². The molecule has 0 aromatic heterocycles.